The van der Waals surface area contributed by atoms with E-state index in [1.165, 1.54) is 17.0 Å². The van der Waals surface area contributed by atoms with Gasteiger partial charge in [0.1, 0.15) is 12.6 Å². The van der Waals surface area contributed by atoms with Crippen molar-refractivity contribution in [1.82, 2.24) is 9.80 Å². The number of carbonyl (C=O) groups excluding carboxylic acids is 1. The number of aliphatic hydroxyl groups is 1. The van der Waals surface area contributed by atoms with Gasteiger partial charge in [-0.3, -0.25) is 14.6 Å². The molecule has 1 unspecified atom stereocenters. The van der Waals surface area contributed by atoms with Crippen molar-refractivity contribution in [1.29, 1.82) is 0 Å². The summed E-state index contributed by atoms with van der Waals surface area (Å²) < 4.78 is 144. The highest BCUT2D eigenvalue weighted by Crippen LogP contribution is 2.25. The first-order valence-electron chi connectivity index (χ1n) is 17.7. The molecular formula is C24H33N3O4. The average molecular weight is 445 g/mol. The van der Waals surface area contributed by atoms with Crippen LogP contribution < -0.4 is 14.8 Å². The van der Waals surface area contributed by atoms with Crippen LogP contribution in [0, 0.1) is 13.7 Å². The molecule has 168 valence electrons. The Morgan fingerprint density at radius 2 is 1.90 bits per heavy atom. The van der Waals surface area contributed by atoms with Gasteiger partial charge < -0.3 is 19.9 Å². The lowest BCUT2D eigenvalue weighted by atomic mass is 10.1. The van der Waals surface area contributed by atoms with Gasteiger partial charge in [0.15, 0.2) is 11.5 Å². The molecule has 0 spiro atoms. The van der Waals surface area contributed by atoms with Crippen LogP contribution in [0.2, 0.25) is 0 Å². The molecule has 1 aliphatic rings. The zero-order valence-electron chi connectivity index (χ0n) is 33.4. The Kier molecular flexibility index (Phi) is 3.41. The fourth-order valence-corrected chi connectivity index (χ4v) is 2.83. The summed E-state index contributed by atoms with van der Waals surface area (Å²) in [6, 6.07) is 2.11. The van der Waals surface area contributed by atoms with Gasteiger partial charge >= 0.3 is 0 Å². The van der Waals surface area contributed by atoms with Crippen LogP contribution in [0.3, 0.4) is 0 Å². The van der Waals surface area contributed by atoms with Gasteiger partial charge in [-0.2, -0.15) is 0 Å². The van der Waals surface area contributed by atoms with Crippen molar-refractivity contribution < 1.29 is 42.7 Å². The Labute approximate surface area is 208 Å². The van der Waals surface area contributed by atoms with Crippen molar-refractivity contribution in [2.45, 2.75) is 19.8 Å². The van der Waals surface area contributed by atoms with Crippen LogP contribution in [-0.2, 0) is 4.79 Å². The van der Waals surface area contributed by atoms with E-state index in [1.54, 1.807) is 0 Å². The van der Waals surface area contributed by atoms with Gasteiger partial charge in [-0.1, -0.05) is 30.3 Å². The molecule has 3 rings (SSSR count). The third-order valence-corrected chi connectivity index (χ3v) is 4.36. The molecule has 1 saturated heterocycles. The number of amides is 1. The third-order valence-electron chi connectivity index (χ3n) is 4.36. The van der Waals surface area contributed by atoms with Crippen LogP contribution in [0.25, 0.3) is 0 Å². The molecule has 1 atom stereocenters. The standard InChI is InChI=1S/C24H33N3O4/c1-18-7-6-8-19(2)24(18)25-23(29)16-27-13-11-26(12-14-27)15-20(28)17-31-22-10-5-4-9-21(22)30-3/h4-10,20,28H,11-17H2,1-3H3,(H,25,29)/i1D3,2D3,3D3,6D,7D,8D,15D2,17D2,20D. The van der Waals surface area contributed by atoms with Crippen LogP contribution in [0.15, 0.2) is 42.4 Å². The molecule has 0 bridgehead atoms. The molecule has 0 aliphatic carbocycles. The number of methoxy groups -OCH3 is 1. The highest BCUT2D eigenvalue weighted by atomic mass is 16.5. The maximum atomic E-state index is 13.0. The van der Waals surface area contributed by atoms with E-state index in [9.17, 15) is 9.90 Å². The van der Waals surface area contributed by atoms with Gasteiger partial charge in [0.2, 0.25) is 5.91 Å². The number of carbonyl (C=O) groups is 1. The molecule has 0 aromatic heterocycles. The summed E-state index contributed by atoms with van der Waals surface area (Å²) in [5.41, 5.74) is -2.63. The second kappa shape index (κ2) is 11.1. The van der Waals surface area contributed by atoms with Crippen molar-refractivity contribution in [3.05, 3.63) is 53.5 Å². The molecule has 2 N–H and O–H groups in total. The van der Waals surface area contributed by atoms with Crippen LogP contribution in [0.4, 0.5) is 5.69 Å². The van der Waals surface area contributed by atoms with E-state index in [2.05, 4.69) is 5.32 Å². The molecular weight excluding hydrogens is 394 g/mol. The highest BCUT2D eigenvalue weighted by Gasteiger charge is 2.21. The number of nitrogens with zero attached hydrogens (tertiary/aromatic N) is 2. The van der Waals surface area contributed by atoms with Gasteiger partial charge in [0.05, 0.1) is 25.9 Å². The number of nitrogens with one attached hydrogen (secondary N) is 1. The first kappa shape index (κ1) is 9.48. The molecule has 1 heterocycles. The van der Waals surface area contributed by atoms with E-state index in [0.717, 1.165) is 17.0 Å². The summed E-state index contributed by atoms with van der Waals surface area (Å²) in [6.07, 6.45) is -3.63. The Balaban J connectivity index is 1.77. The molecule has 1 fully saturated rings. The normalized spacial score (nSPS) is 27.2. The van der Waals surface area contributed by atoms with Crippen LogP contribution in [0.5, 0.6) is 11.5 Å². The second-order valence-electron chi connectivity index (χ2n) is 6.52. The van der Waals surface area contributed by atoms with E-state index in [-0.39, 0.29) is 26.2 Å². The number of hydrogen-bond acceptors (Lipinski definition) is 6. The molecule has 1 aliphatic heterocycles. The fraction of sp³-hybridized carbons (Fsp3) is 0.458. The van der Waals surface area contributed by atoms with Crippen molar-refractivity contribution >= 4 is 11.6 Å². The molecule has 1 amide bonds. The van der Waals surface area contributed by atoms with Gasteiger partial charge in [0, 0.05) is 49.3 Å². The average Bonchev–Trinajstić information content (AvgIpc) is 2.90. The first-order valence-corrected chi connectivity index (χ1v) is 9.23. The Bertz CT molecular complexity index is 1460. The lowest BCUT2D eigenvalue weighted by Gasteiger charge is -2.35. The molecule has 2 aromatic rings. The van der Waals surface area contributed by atoms with Crippen LogP contribution in [0.1, 0.15) is 34.4 Å². The molecule has 0 radical (unpaired) electrons. The minimum absolute atomic E-state index is 0.112. The maximum absolute atomic E-state index is 13.0. The number of benzene rings is 2. The van der Waals surface area contributed by atoms with Gasteiger partial charge in [-0.05, 0) is 37.0 Å². The largest absolute Gasteiger partial charge is 0.493 e. The smallest absolute Gasteiger partial charge is 0.238 e. The second-order valence-corrected chi connectivity index (χ2v) is 6.52. The number of rotatable bonds is 9. The number of para-hydroxylation sites is 3. The monoisotopic (exact) mass is 444 g/mol. The van der Waals surface area contributed by atoms with E-state index in [1.807, 2.05) is 0 Å². The van der Waals surface area contributed by atoms with Gasteiger partial charge in [-0.25, -0.2) is 0 Å². The summed E-state index contributed by atoms with van der Waals surface area (Å²) in [4.78, 5) is 15.4. The van der Waals surface area contributed by atoms with Crippen LogP contribution >= 0.6 is 0 Å². The third kappa shape index (κ3) is 6.69. The zero-order valence-corrected chi connectivity index (χ0v) is 16.4. The maximum Gasteiger partial charge on any atom is 0.238 e. The predicted octanol–water partition coefficient (Wildman–Crippen LogP) is 2.31. The van der Waals surface area contributed by atoms with Crippen LogP contribution in [-0.4, -0.2) is 79.7 Å². The van der Waals surface area contributed by atoms with E-state index in [0.29, 0.717) is 0 Å². The van der Waals surface area contributed by atoms with Gasteiger partial charge in [-0.15, -0.1) is 0 Å². The number of hydrogen-bond donors (Lipinski definition) is 2. The molecule has 2 aromatic carbocycles. The van der Waals surface area contributed by atoms with Crippen molar-refractivity contribution in [2.75, 3.05) is 58.1 Å². The number of anilines is 1. The summed E-state index contributed by atoms with van der Waals surface area (Å²) in [5.74, 6) is -1.92. The van der Waals surface area contributed by atoms with Crippen molar-refractivity contribution in [2.24, 2.45) is 0 Å². The number of β-amino-alcohol motifs (C(OH)–C–C–N with tert-alkyl or cyclic N) is 1. The van der Waals surface area contributed by atoms with E-state index in [4.69, 9.17) is 32.8 Å². The summed E-state index contributed by atoms with van der Waals surface area (Å²) >= 11 is 0. The Morgan fingerprint density at radius 3 is 2.58 bits per heavy atom. The van der Waals surface area contributed by atoms with Crippen molar-refractivity contribution in [3.8, 4) is 11.5 Å². The van der Waals surface area contributed by atoms with Crippen molar-refractivity contribution in [3.63, 3.8) is 0 Å². The predicted molar refractivity (Wildman–Crippen MR) is 122 cm³/mol. The summed E-state index contributed by atoms with van der Waals surface area (Å²) in [5, 5.41) is 13.1. The number of ether oxygens (including phenoxy) is 2. The fourth-order valence-electron chi connectivity index (χ4n) is 2.83. The minimum atomic E-state index is -3.63. The lowest BCUT2D eigenvalue weighted by molar-refractivity contribution is -0.117. The number of piperazine rings is 1. The highest BCUT2D eigenvalue weighted by molar-refractivity contribution is 5.93. The lowest BCUT2D eigenvalue weighted by Crippen LogP contribution is -2.50. The quantitative estimate of drug-likeness (QED) is 0.618. The molecule has 0 saturated carbocycles. The SMILES string of the molecule is [2H]c1c([2H])c(C([2H])([2H])[2H])c(NC(=O)CN2CCN(C([2H])([2H])C([2H])(O)C([2H])([2H])Oc3ccccc3OC([2H])([2H])[2H])CC2)c(C([2H])([2H])[2H])c1[2H]. The summed E-state index contributed by atoms with van der Waals surface area (Å²) in [6.45, 7) is -14.2. The molecule has 31 heavy (non-hydrogen) atoms. The molecule has 7 nitrogen and oxygen atoms in total. The molecule has 7 heteroatoms. The first-order chi connectivity index (χ1) is 21.6. The minimum Gasteiger partial charge on any atom is -0.493 e. The van der Waals surface area contributed by atoms with E-state index >= 15 is 0 Å². The summed E-state index contributed by atoms with van der Waals surface area (Å²) in [7, 11) is -2.95. The Hall–Kier alpha value is -2.61. The zero-order chi connectivity index (χ0) is 36.8. The van der Waals surface area contributed by atoms with Gasteiger partial charge in [0.25, 0.3) is 0 Å². The Morgan fingerprint density at radius 1 is 1.23 bits per heavy atom. The topological polar surface area (TPSA) is 74.3 Å². The van der Waals surface area contributed by atoms with E-state index < -0.39 is 98.8 Å².